The number of hydrogen-bond donors (Lipinski definition) is 1. The number of methoxy groups -OCH3 is 2. The number of hydrogen-bond acceptors (Lipinski definition) is 4. The molecule has 0 atom stereocenters. The molecule has 0 spiro atoms. The van der Waals surface area contributed by atoms with Crippen LogP contribution in [-0.2, 0) is 19.6 Å². The van der Waals surface area contributed by atoms with Gasteiger partial charge in [0.05, 0.1) is 14.2 Å². The van der Waals surface area contributed by atoms with Crippen LogP contribution in [0.1, 0.15) is 22.3 Å². The van der Waals surface area contributed by atoms with Gasteiger partial charge in [0.2, 0.25) is 0 Å². The molecule has 0 fully saturated rings. The Hall–Kier alpha value is -2.98. The van der Waals surface area contributed by atoms with Gasteiger partial charge in [0.15, 0.2) is 11.5 Å². The quantitative estimate of drug-likeness (QED) is 0.498. The van der Waals surface area contributed by atoms with Gasteiger partial charge in [-0.3, -0.25) is 0 Å². The fraction of sp³-hybridized carbons (Fsp3) is 0.280. The Bertz CT molecular complexity index is 923. The van der Waals surface area contributed by atoms with Crippen LogP contribution in [0.4, 0.5) is 0 Å². The van der Waals surface area contributed by atoms with Crippen molar-refractivity contribution in [2.24, 2.45) is 0 Å². The summed E-state index contributed by atoms with van der Waals surface area (Å²) in [4.78, 5) is 0. The van der Waals surface area contributed by atoms with E-state index < -0.39 is 0 Å². The molecule has 0 radical (unpaired) electrons. The number of para-hydroxylation sites is 1. The van der Waals surface area contributed by atoms with Crippen molar-refractivity contribution in [2.75, 3.05) is 20.8 Å². The van der Waals surface area contributed by atoms with Gasteiger partial charge in [0.1, 0.15) is 12.4 Å². The first-order valence-corrected chi connectivity index (χ1v) is 9.87. The second-order valence-corrected chi connectivity index (χ2v) is 7.00. The molecule has 0 bridgehead atoms. The van der Waals surface area contributed by atoms with Crippen molar-refractivity contribution in [1.82, 2.24) is 5.32 Å². The molecule has 0 amide bonds. The van der Waals surface area contributed by atoms with Gasteiger partial charge in [-0.25, -0.2) is 0 Å². The van der Waals surface area contributed by atoms with Gasteiger partial charge in [0.25, 0.3) is 0 Å². The Kier molecular flexibility index (Phi) is 7.54. The van der Waals surface area contributed by atoms with Crippen molar-refractivity contribution in [2.45, 2.75) is 26.5 Å². The molecule has 0 saturated heterocycles. The maximum atomic E-state index is 5.97. The molecule has 0 saturated carbocycles. The number of nitrogens with one attached hydrogen (secondary N) is 1. The molecule has 1 N–H and O–H groups in total. The lowest BCUT2D eigenvalue weighted by Crippen LogP contribution is -2.17. The van der Waals surface area contributed by atoms with Crippen LogP contribution in [0.15, 0.2) is 66.7 Å². The van der Waals surface area contributed by atoms with Crippen LogP contribution >= 0.6 is 0 Å². The summed E-state index contributed by atoms with van der Waals surface area (Å²) < 4.78 is 16.9. The normalized spacial score (nSPS) is 10.6. The summed E-state index contributed by atoms with van der Waals surface area (Å²) in [6.45, 7) is 4.24. The molecular formula is C25H29NO3. The summed E-state index contributed by atoms with van der Waals surface area (Å²) in [6, 6.07) is 22.5. The van der Waals surface area contributed by atoms with Gasteiger partial charge in [-0.2, -0.15) is 0 Å². The van der Waals surface area contributed by atoms with Crippen LogP contribution in [-0.4, -0.2) is 20.8 Å². The molecule has 152 valence electrons. The molecule has 0 aliphatic rings. The third-order valence-electron chi connectivity index (χ3n) is 4.80. The molecule has 0 heterocycles. The number of aryl methyl sites for hydroxylation is 1. The zero-order valence-electron chi connectivity index (χ0n) is 17.4. The van der Waals surface area contributed by atoms with E-state index in [0.29, 0.717) is 6.61 Å². The molecule has 4 nitrogen and oxygen atoms in total. The SMILES string of the molecule is COc1ccccc1CCNCc1ccc(OCc2cccc(C)c2)c(OC)c1. The highest BCUT2D eigenvalue weighted by atomic mass is 16.5. The predicted octanol–water partition coefficient (Wildman–Crippen LogP) is 4.92. The first-order valence-electron chi connectivity index (χ1n) is 9.87. The largest absolute Gasteiger partial charge is 0.496 e. The van der Waals surface area contributed by atoms with E-state index >= 15 is 0 Å². The molecule has 0 aromatic heterocycles. The minimum atomic E-state index is 0.522. The second-order valence-electron chi connectivity index (χ2n) is 7.00. The van der Waals surface area contributed by atoms with Crippen LogP contribution in [0.25, 0.3) is 0 Å². The Morgan fingerprint density at radius 2 is 1.59 bits per heavy atom. The van der Waals surface area contributed by atoms with E-state index in [1.165, 1.54) is 11.1 Å². The summed E-state index contributed by atoms with van der Waals surface area (Å²) >= 11 is 0. The fourth-order valence-electron chi connectivity index (χ4n) is 3.27. The van der Waals surface area contributed by atoms with Crippen molar-refractivity contribution >= 4 is 0 Å². The van der Waals surface area contributed by atoms with Crippen LogP contribution in [0.5, 0.6) is 17.2 Å². The van der Waals surface area contributed by atoms with Crippen molar-refractivity contribution in [3.05, 3.63) is 89.0 Å². The molecule has 3 rings (SSSR count). The van der Waals surface area contributed by atoms with Crippen LogP contribution < -0.4 is 19.5 Å². The number of ether oxygens (including phenoxy) is 3. The molecule has 29 heavy (non-hydrogen) atoms. The average molecular weight is 392 g/mol. The summed E-state index contributed by atoms with van der Waals surface area (Å²) in [6.07, 6.45) is 0.916. The van der Waals surface area contributed by atoms with E-state index in [1.807, 2.05) is 36.4 Å². The average Bonchev–Trinajstić information content (AvgIpc) is 2.76. The fourth-order valence-corrected chi connectivity index (χ4v) is 3.27. The van der Waals surface area contributed by atoms with Crippen molar-refractivity contribution in [1.29, 1.82) is 0 Å². The molecule has 0 aliphatic carbocycles. The van der Waals surface area contributed by atoms with Gasteiger partial charge in [-0.05, 0) is 54.8 Å². The molecule has 3 aromatic rings. The van der Waals surface area contributed by atoms with Gasteiger partial charge in [-0.1, -0.05) is 54.1 Å². The lowest BCUT2D eigenvalue weighted by atomic mass is 10.1. The lowest BCUT2D eigenvalue weighted by molar-refractivity contribution is 0.284. The summed E-state index contributed by atoms with van der Waals surface area (Å²) in [7, 11) is 3.38. The lowest BCUT2D eigenvalue weighted by Gasteiger charge is -2.13. The van der Waals surface area contributed by atoms with E-state index in [9.17, 15) is 0 Å². The molecular weight excluding hydrogens is 362 g/mol. The van der Waals surface area contributed by atoms with Gasteiger partial charge >= 0.3 is 0 Å². The smallest absolute Gasteiger partial charge is 0.161 e. The number of benzene rings is 3. The maximum absolute atomic E-state index is 5.97. The Morgan fingerprint density at radius 3 is 2.38 bits per heavy atom. The molecule has 4 heteroatoms. The summed E-state index contributed by atoms with van der Waals surface area (Å²) in [5.74, 6) is 2.44. The van der Waals surface area contributed by atoms with Gasteiger partial charge in [0, 0.05) is 6.54 Å². The van der Waals surface area contributed by atoms with Crippen LogP contribution in [0.2, 0.25) is 0 Å². The van der Waals surface area contributed by atoms with Crippen molar-refractivity contribution in [3.63, 3.8) is 0 Å². The van der Waals surface area contributed by atoms with E-state index in [0.717, 1.165) is 47.9 Å². The first kappa shape index (κ1) is 20.7. The number of rotatable bonds is 10. The highest BCUT2D eigenvalue weighted by Gasteiger charge is 2.07. The first-order chi connectivity index (χ1) is 14.2. The molecule has 3 aromatic carbocycles. The molecule has 0 unspecified atom stereocenters. The Labute approximate surface area is 173 Å². The third-order valence-corrected chi connectivity index (χ3v) is 4.80. The Morgan fingerprint density at radius 1 is 0.759 bits per heavy atom. The minimum absolute atomic E-state index is 0.522. The van der Waals surface area contributed by atoms with E-state index in [1.54, 1.807) is 14.2 Å². The second kappa shape index (κ2) is 10.5. The van der Waals surface area contributed by atoms with Gasteiger partial charge < -0.3 is 19.5 Å². The van der Waals surface area contributed by atoms with E-state index in [2.05, 4.69) is 42.6 Å². The van der Waals surface area contributed by atoms with Crippen LogP contribution in [0.3, 0.4) is 0 Å². The van der Waals surface area contributed by atoms with E-state index in [-0.39, 0.29) is 0 Å². The highest BCUT2D eigenvalue weighted by molar-refractivity contribution is 5.43. The van der Waals surface area contributed by atoms with Gasteiger partial charge in [-0.15, -0.1) is 0 Å². The summed E-state index contributed by atoms with van der Waals surface area (Å²) in [5, 5.41) is 3.48. The van der Waals surface area contributed by atoms with Crippen molar-refractivity contribution < 1.29 is 14.2 Å². The topological polar surface area (TPSA) is 39.7 Å². The van der Waals surface area contributed by atoms with Crippen molar-refractivity contribution in [3.8, 4) is 17.2 Å². The zero-order valence-corrected chi connectivity index (χ0v) is 17.4. The molecule has 0 aliphatic heterocycles. The van der Waals surface area contributed by atoms with E-state index in [4.69, 9.17) is 14.2 Å². The van der Waals surface area contributed by atoms with Crippen LogP contribution in [0, 0.1) is 6.92 Å². The monoisotopic (exact) mass is 391 g/mol. The zero-order chi connectivity index (χ0) is 20.5. The minimum Gasteiger partial charge on any atom is -0.496 e. The third kappa shape index (κ3) is 6.00. The Balaban J connectivity index is 1.53. The highest BCUT2D eigenvalue weighted by Crippen LogP contribution is 2.29. The predicted molar refractivity (Wildman–Crippen MR) is 117 cm³/mol. The maximum Gasteiger partial charge on any atom is 0.161 e. The summed E-state index contributed by atoms with van der Waals surface area (Å²) in [5.41, 5.74) is 4.74. The standard InChI is InChI=1S/C25H29NO3/c1-19-7-6-8-21(15-19)18-29-24-12-11-20(16-25(24)28-3)17-26-14-13-22-9-4-5-10-23(22)27-2/h4-12,15-16,26H,13-14,17-18H2,1-3H3.